The lowest BCUT2D eigenvalue weighted by atomic mass is 9.89. The van der Waals surface area contributed by atoms with Gasteiger partial charge in [-0.3, -0.25) is 14.6 Å². The van der Waals surface area contributed by atoms with Crippen molar-refractivity contribution in [3.05, 3.63) is 88.2 Å². The first-order chi connectivity index (χ1) is 20.1. The quantitative estimate of drug-likeness (QED) is 0.296. The number of carbonyl (C=O) groups excluding carboxylic acids is 1. The van der Waals surface area contributed by atoms with E-state index in [2.05, 4.69) is 47.2 Å². The van der Waals surface area contributed by atoms with Crippen LogP contribution in [0.5, 0.6) is 5.75 Å². The molecule has 0 radical (unpaired) electrons. The minimum absolute atomic E-state index is 0.0769. The number of amides is 1. The van der Waals surface area contributed by atoms with Crippen molar-refractivity contribution < 1.29 is 14.3 Å². The number of piperidine rings is 1. The van der Waals surface area contributed by atoms with E-state index in [-0.39, 0.29) is 11.5 Å². The van der Waals surface area contributed by atoms with Crippen molar-refractivity contribution in [2.75, 3.05) is 39.9 Å². The predicted molar refractivity (Wildman–Crippen MR) is 157 cm³/mol. The van der Waals surface area contributed by atoms with Gasteiger partial charge in [0.1, 0.15) is 17.4 Å². The molecule has 2 saturated heterocycles. The summed E-state index contributed by atoms with van der Waals surface area (Å²) >= 11 is 1.74. The highest BCUT2D eigenvalue weighted by Crippen LogP contribution is 2.33. The van der Waals surface area contributed by atoms with Crippen molar-refractivity contribution in [3.63, 3.8) is 0 Å². The van der Waals surface area contributed by atoms with Gasteiger partial charge in [-0.2, -0.15) is 0 Å². The number of morpholine rings is 1. The van der Waals surface area contributed by atoms with Crippen molar-refractivity contribution in [2.24, 2.45) is 0 Å². The number of likely N-dealkylation sites (tertiary alicyclic amines) is 1. The van der Waals surface area contributed by atoms with Gasteiger partial charge in [-0.15, -0.1) is 11.3 Å². The second kappa shape index (κ2) is 12.6. The van der Waals surface area contributed by atoms with E-state index in [1.807, 2.05) is 35.5 Å². The fourth-order valence-corrected chi connectivity index (χ4v) is 6.70. The van der Waals surface area contributed by atoms with Crippen molar-refractivity contribution in [3.8, 4) is 5.75 Å². The van der Waals surface area contributed by atoms with Gasteiger partial charge in [-0.05, 0) is 42.0 Å². The highest BCUT2D eigenvalue weighted by Gasteiger charge is 2.41. The van der Waals surface area contributed by atoms with E-state index in [1.54, 1.807) is 30.8 Å². The molecule has 1 spiro atoms. The van der Waals surface area contributed by atoms with Gasteiger partial charge in [0.15, 0.2) is 0 Å². The average molecular weight is 576 g/mol. The third-order valence-electron chi connectivity index (χ3n) is 8.06. The fourth-order valence-electron chi connectivity index (χ4n) is 5.82. The lowest BCUT2D eigenvalue weighted by molar-refractivity contribution is -0.127. The maximum Gasteiger partial charge on any atom is 0.254 e. The van der Waals surface area contributed by atoms with Crippen molar-refractivity contribution in [2.45, 2.75) is 44.6 Å². The molecule has 4 aromatic rings. The van der Waals surface area contributed by atoms with E-state index in [4.69, 9.17) is 9.47 Å². The number of methoxy groups -OCH3 is 1. The number of aromatic amines is 2. The van der Waals surface area contributed by atoms with Gasteiger partial charge in [-0.25, -0.2) is 9.97 Å². The molecular weight excluding hydrogens is 538 g/mol. The van der Waals surface area contributed by atoms with Crippen LogP contribution in [0.2, 0.25) is 0 Å². The number of imidazole rings is 2. The number of benzene rings is 1. The van der Waals surface area contributed by atoms with E-state index >= 15 is 0 Å². The van der Waals surface area contributed by atoms with E-state index in [0.717, 1.165) is 61.0 Å². The first-order valence-corrected chi connectivity index (χ1v) is 15.0. The molecule has 5 heterocycles. The van der Waals surface area contributed by atoms with Crippen LogP contribution in [0, 0.1) is 0 Å². The maximum absolute atomic E-state index is 13.5. The minimum Gasteiger partial charge on any atom is -0.496 e. The smallest absolute Gasteiger partial charge is 0.254 e. The second-order valence-corrected chi connectivity index (χ2v) is 11.9. The fraction of sp³-hybridized carbons (Fsp3) is 0.433. The summed E-state index contributed by atoms with van der Waals surface area (Å²) in [4.78, 5) is 36.6. The van der Waals surface area contributed by atoms with Gasteiger partial charge in [0.2, 0.25) is 0 Å². The number of nitrogens with one attached hydrogen (secondary N) is 2. The molecule has 1 amide bonds. The van der Waals surface area contributed by atoms with Crippen LogP contribution in [0.15, 0.2) is 60.5 Å². The highest BCUT2D eigenvalue weighted by atomic mass is 32.1. The number of aromatic nitrogens is 4. The van der Waals surface area contributed by atoms with Gasteiger partial charge < -0.3 is 24.3 Å². The summed E-state index contributed by atoms with van der Waals surface area (Å²) in [5.74, 6) is 2.85. The molecule has 41 heavy (non-hydrogen) atoms. The molecule has 2 aliphatic heterocycles. The molecule has 6 rings (SSSR count). The van der Waals surface area contributed by atoms with Crippen LogP contribution in [0.4, 0.5) is 0 Å². The Hall–Kier alpha value is -3.51. The molecule has 0 atom stereocenters. The molecule has 216 valence electrons. The minimum atomic E-state index is -0.262. The molecular formula is C30H37N7O3S. The van der Waals surface area contributed by atoms with Gasteiger partial charge in [-0.1, -0.05) is 12.1 Å². The molecule has 2 fully saturated rings. The average Bonchev–Trinajstić information content (AvgIpc) is 3.79. The Labute approximate surface area is 244 Å². The van der Waals surface area contributed by atoms with E-state index in [1.165, 1.54) is 4.88 Å². The zero-order chi connectivity index (χ0) is 28.1. The molecule has 0 unspecified atom stereocenters. The Morgan fingerprint density at radius 1 is 1.02 bits per heavy atom. The number of H-pyrrole nitrogens is 2. The second-order valence-electron chi connectivity index (χ2n) is 10.9. The van der Waals surface area contributed by atoms with Crippen LogP contribution in [0.3, 0.4) is 0 Å². The predicted octanol–water partition coefficient (Wildman–Crippen LogP) is 3.91. The summed E-state index contributed by atoms with van der Waals surface area (Å²) < 4.78 is 11.8. The topological polar surface area (TPSA) is 103 Å². The largest absolute Gasteiger partial charge is 0.496 e. The zero-order valence-corrected chi connectivity index (χ0v) is 24.2. The van der Waals surface area contributed by atoms with Crippen molar-refractivity contribution in [1.82, 2.24) is 34.6 Å². The van der Waals surface area contributed by atoms with E-state index in [9.17, 15) is 4.79 Å². The van der Waals surface area contributed by atoms with Crippen LogP contribution >= 0.6 is 11.3 Å². The zero-order valence-electron chi connectivity index (χ0n) is 23.4. The third-order valence-corrected chi connectivity index (χ3v) is 8.95. The number of nitrogens with zero attached hydrogens (tertiary/aromatic N) is 5. The highest BCUT2D eigenvalue weighted by molar-refractivity contribution is 7.10. The summed E-state index contributed by atoms with van der Waals surface area (Å²) in [6.45, 7) is 6.69. The summed E-state index contributed by atoms with van der Waals surface area (Å²) in [5, 5.41) is 2.08. The Balaban J connectivity index is 1.05. The number of ether oxygens (including phenoxy) is 2. The molecule has 0 aliphatic carbocycles. The van der Waals surface area contributed by atoms with E-state index in [0.29, 0.717) is 39.3 Å². The molecule has 0 bridgehead atoms. The normalized spacial score (nSPS) is 17.4. The van der Waals surface area contributed by atoms with Crippen LogP contribution in [-0.2, 0) is 30.9 Å². The van der Waals surface area contributed by atoms with Gasteiger partial charge in [0.25, 0.3) is 5.91 Å². The number of carbonyl (C=O) groups is 1. The lowest BCUT2D eigenvalue weighted by Crippen LogP contribution is -2.57. The van der Waals surface area contributed by atoms with Crippen LogP contribution in [0.1, 0.15) is 45.3 Å². The first kappa shape index (κ1) is 27.6. The monoisotopic (exact) mass is 575 g/mol. The maximum atomic E-state index is 13.5. The number of rotatable bonds is 10. The molecule has 10 nitrogen and oxygen atoms in total. The van der Waals surface area contributed by atoms with Gasteiger partial charge >= 0.3 is 0 Å². The molecule has 2 aliphatic rings. The van der Waals surface area contributed by atoms with Crippen LogP contribution < -0.4 is 4.74 Å². The van der Waals surface area contributed by atoms with Gasteiger partial charge in [0.05, 0.1) is 43.8 Å². The molecule has 3 aromatic heterocycles. The Morgan fingerprint density at radius 3 is 2.37 bits per heavy atom. The molecule has 1 aromatic carbocycles. The third kappa shape index (κ3) is 6.70. The summed E-state index contributed by atoms with van der Waals surface area (Å²) in [6.07, 6.45) is 9.05. The van der Waals surface area contributed by atoms with E-state index < -0.39 is 0 Å². The molecule has 0 saturated carbocycles. The number of thiophene rings is 1. The standard InChI is InChI=1S/C30H37N7O3S/c1-39-25-6-17-41-26(25)19-35-13-7-30(8-14-35)22-37(15-16-40-30)29(38)24-4-2-23(3-5-24)18-36(20-27-31-9-10-32-27)21-28-33-11-12-34-28/h2-6,9-12,17H,7-8,13-16,18-22H2,1H3,(H,31,32)(H,33,34). The summed E-state index contributed by atoms with van der Waals surface area (Å²) in [6, 6.07) is 10.0. The SMILES string of the molecule is COc1ccsc1CN1CCC2(CC1)CN(C(=O)c1ccc(CN(Cc3ncc[nH]3)Cc3ncc[nH]3)cc1)CCO2. The Morgan fingerprint density at radius 2 is 1.73 bits per heavy atom. The molecule has 2 N–H and O–H groups in total. The Bertz CT molecular complexity index is 1340. The Kier molecular flexibility index (Phi) is 8.47. The number of hydrogen-bond donors (Lipinski definition) is 2. The van der Waals surface area contributed by atoms with Crippen molar-refractivity contribution >= 4 is 17.2 Å². The number of hydrogen-bond acceptors (Lipinski definition) is 8. The summed E-state index contributed by atoms with van der Waals surface area (Å²) in [5.41, 5.74) is 1.59. The van der Waals surface area contributed by atoms with Gasteiger partial charge in [0, 0.05) is 63.1 Å². The lowest BCUT2D eigenvalue weighted by Gasteiger charge is -2.47. The first-order valence-electron chi connectivity index (χ1n) is 14.1. The van der Waals surface area contributed by atoms with Crippen LogP contribution in [-0.4, -0.2) is 86.0 Å². The molecule has 11 heteroatoms. The van der Waals surface area contributed by atoms with Crippen molar-refractivity contribution in [1.29, 1.82) is 0 Å². The van der Waals surface area contributed by atoms with Crippen LogP contribution in [0.25, 0.3) is 0 Å². The summed E-state index contributed by atoms with van der Waals surface area (Å²) in [7, 11) is 1.73.